The van der Waals surface area contributed by atoms with Gasteiger partial charge in [-0.25, -0.2) is 0 Å². The zero-order chi connectivity index (χ0) is 4.50. The average molecular weight is 174 g/mol. The summed E-state index contributed by atoms with van der Waals surface area (Å²) in [4.78, 5) is 0. The maximum atomic E-state index is 4.97. The molecule has 0 nitrogen and oxygen atoms in total. The quantitative estimate of drug-likeness (QED) is 0.390. The fourth-order valence-electron chi connectivity index (χ4n) is 0. The van der Waals surface area contributed by atoms with Gasteiger partial charge < -0.3 is 0 Å². The molecule has 0 fully saturated rings. The molecule has 0 aliphatic rings. The van der Waals surface area contributed by atoms with Crippen molar-refractivity contribution >= 4 is 49.6 Å². The number of rotatable bonds is 0. The normalized spacial score (nSPS) is 10.0. The third kappa shape index (κ3) is 58.7. The monoisotopic (exact) mass is 172 g/mol. The molecule has 0 saturated heterocycles. The van der Waals surface area contributed by atoms with Gasteiger partial charge in [-0.15, -0.1) is 44.3 Å². The molecule has 0 rings (SSSR count). The summed E-state index contributed by atoms with van der Waals surface area (Å²) < 4.78 is 0. The Labute approximate surface area is 55.9 Å². The minimum Gasteiger partial charge on any atom is -0.110 e. The van der Waals surface area contributed by atoms with Crippen molar-refractivity contribution in [3.8, 4) is 0 Å². The molecule has 0 amide bonds. The van der Waals surface area contributed by atoms with E-state index in [1.807, 2.05) is 0 Å². The van der Waals surface area contributed by atoms with Crippen LogP contribution in [0.25, 0.3) is 0 Å². The van der Waals surface area contributed by atoms with E-state index >= 15 is 0 Å². The summed E-state index contributed by atoms with van der Waals surface area (Å²) in [5.41, 5.74) is 0. The first-order chi connectivity index (χ1) is 2.00. The van der Waals surface area contributed by atoms with Crippen LogP contribution < -0.4 is 0 Å². The molecule has 0 aromatic rings. The predicted octanol–water partition coefficient (Wildman–Crippen LogP) is 2.38. The summed E-state index contributed by atoms with van der Waals surface area (Å²) in [5, 5.41) is -2.72. The average Bonchev–Trinajstić information content (AvgIpc) is 0.722. The molecule has 0 aromatic carbocycles. The summed E-state index contributed by atoms with van der Waals surface area (Å²) in [6, 6.07) is 0. The molecule has 0 N–H and O–H groups in total. The van der Waals surface area contributed by atoms with Gasteiger partial charge in [-0.3, -0.25) is 0 Å². The van der Waals surface area contributed by atoms with E-state index < -0.39 is 5.31 Å². The topological polar surface area (TPSA) is 0 Å². The minimum atomic E-state index is -2.72. The van der Waals surface area contributed by atoms with Crippen molar-refractivity contribution in [1.82, 2.24) is 0 Å². The second kappa shape index (κ2) is 3.31. The molecule has 6 heteroatoms. The van der Waals surface area contributed by atoms with Crippen LogP contribution >= 0.6 is 44.3 Å². The molecular weight excluding hydrogens is 174 g/mol. The molecule has 6 heavy (non-hydrogen) atoms. The second-order valence-corrected chi connectivity index (χ2v) is 11.6. The molecule has 0 aliphatic carbocycles. The Bertz CT molecular complexity index is 23.0. The van der Waals surface area contributed by atoms with Crippen LogP contribution in [0, 0.1) is 6.15 Å². The fourth-order valence-corrected chi connectivity index (χ4v) is 0. The summed E-state index contributed by atoms with van der Waals surface area (Å²) in [6.07, 6.45) is 0. The molecule has 0 aliphatic heterocycles. The zero-order valence-corrected chi connectivity index (χ0v) is 6.74. The van der Waals surface area contributed by atoms with Crippen LogP contribution in [-0.4, -0.2) is 5.31 Å². The van der Waals surface area contributed by atoms with Crippen LogP contribution in [-0.2, 0) is 0 Å². The SMILES string of the molecule is Cl[Si](Cl)(Cl)Cl.[He]. The van der Waals surface area contributed by atoms with E-state index in [-0.39, 0.29) is 6.15 Å². The van der Waals surface area contributed by atoms with Crippen molar-refractivity contribution in [2.75, 3.05) is 0 Å². The molecule has 34 valence electrons. The third-order valence-electron chi connectivity index (χ3n) is 0. The van der Waals surface area contributed by atoms with Crippen molar-refractivity contribution in [2.24, 2.45) is 0 Å². The molecule has 0 heterocycles. The van der Waals surface area contributed by atoms with Gasteiger partial charge >= 0.3 is 5.31 Å². The van der Waals surface area contributed by atoms with Gasteiger partial charge in [0.15, 0.2) is 0 Å². The van der Waals surface area contributed by atoms with Crippen LogP contribution in [0.2, 0.25) is 0 Å². The van der Waals surface area contributed by atoms with Crippen molar-refractivity contribution in [1.29, 1.82) is 0 Å². The molecule has 0 radical (unpaired) electrons. The van der Waals surface area contributed by atoms with E-state index in [1.54, 1.807) is 0 Å². The Morgan fingerprint density at radius 2 is 0.833 bits per heavy atom. The Balaban J connectivity index is 0. The molecule has 0 spiro atoms. The van der Waals surface area contributed by atoms with Gasteiger partial charge in [-0.05, 0) is 0 Å². The van der Waals surface area contributed by atoms with Gasteiger partial charge in [0.2, 0.25) is 0 Å². The summed E-state index contributed by atoms with van der Waals surface area (Å²) in [5.74, 6) is 0. The summed E-state index contributed by atoms with van der Waals surface area (Å²) in [7, 11) is 0. The first kappa shape index (κ1) is 10.3. The van der Waals surface area contributed by atoms with Gasteiger partial charge in [0, 0.05) is 6.15 Å². The summed E-state index contributed by atoms with van der Waals surface area (Å²) in [6.45, 7) is 0. The summed E-state index contributed by atoms with van der Waals surface area (Å²) >= 11 is 19.9. The van der Waals surface area contributed by atoms with E-state index in [2.05, 4.69) is 0 Å². The van der Waals surface area contributed by atoms with Gasteiger partial charge in [-0.1, -0.05) is 0 Å². The van der Waals surface area contributed by atoms with Gasteiger partial charge in [0.05, 0.1) is 0 Å². The Hall–Kier alpha value is 1.29. The number of hydrogen-bond donors (Lipinski definition) is 0. The van der Waals surface area contributed by atoms with Crippen LogP contribution in [0.1, 0.15) is 0 Å². The van der Waals surface area contributed by atoms with Crippen LogP contribution in [0.4, 0.5) is 0 Å². The maximum absolute atomic E-state index is 4.97. The minimum absolute atomic E-state index is 0. The van der Waals surface area contributed by atoms with Crippen molar-refractivity contribution in [3.63, 3.8) is 0 Å². The van der Waals surface area contributed by atoms with Crippen LogP contribution in [0.15, 0.2) is 0 Å². The zero-order valence-electron chi connectivity index (χ0n) is 2.72. The van der Waals surface area contributed by atoms with Crippen molar-refractivity contribution < 1.29 is 6.15 Å². The molecule has 0 unspecified atom stereocenters. The first-order valence-corrected chi connectivity index (χ1v) is 6.80. The van der Waals surface area contributed by atoms with E-state index in [4.69, 9.17) is 44.3 Å². The Kier molecular flexibility index (Phi) is 5.68. The first-order valence-electron chi connectivity index (χ1n) is 0.756. The molecular formula is Cl4HeSi. The van der Waals surface area contributed by atoms with Crippen LogP contribution in [0.5, 0.6) is 0 Å². The van der Waals surface area contributed by atoms with Crippen molar-refractivity contribution in [2.45, 2.75) is 0 Å². The number of halogens is 4. The maximum Gasteiger partial charge on any atom is 0.440 e. The fraction of sp³-hybridized carbons (Fsp3) is 0. The smallest absolute Gasteiger partial charge is 0.110 e. The standard InChI is InChI=1S/Cl4Si.He/c1-5(2,3)4;. The largest absolute Gasteiger partial charge is 0.440 e. The van der Waals surface area contributed by atoms with Crippen molar-refractivity contribution in [3.05, 3.63) is 0 Å². The van der Waals surface area contributed by atoms with Crippen LogP contribution in [0.3, 0.4) is 0 Å². The second-order valence-electron chi connectivity index (χ2n) is 0.429. The van der Waals surface area contributed by atoms with E-state index in [0.717, 1.165) is 0 Å². The number of hydrogen-bond acceptors (Lipinski definition) is 0. The Morgan fingerprint density at radius 1 is 0.833 bits per heavy atom. The predicted molar refractivity (Wildman–Crippen MR) is 29.2 cm³/mol. The molecule has 0 saturated carbocycles. The van der Waals surface area contributed by atoms with E-state index in [0.29, 0.717) is 0 Å². The van der Waals surface area contributed by atoms with Gasteiger partial charge in [0.25, 0.3) is 0 Å². The molecule has 0 bridgehead atoms. The Morgan fingerprint density at radius 3 is 0.833 bits per heavy atom. The van der Waals surface area contributed by atoms with E-state index in [1.165, 1.54) is 0 Å². The van der Waals surface area contributed by atoms with Gasteiger partial charge in [-0.2, -0.15) is 0 Å². The van der Waals surface area contributed by atoms with Gasteiger partial charge in [0.1, 0.15) is 0 Å². The third-order valence-corrected chi connectivity index (χ3v) is 0. The molecule has 0 atom stereocenters. The molecule has 0 aromatic heterocycles. The van der Waals surface area contributed by atoms with E-state index in [9.17, 15) is 0 Å².